The lowest BCUT2D eigenvalue weighted by Gasteiger charge is -2.13. The van der Waals surface area contributed by atoms with E-state index in [0.29, 0.717) is 11.1 Å². The van der Waals surface area contributed by atoms with Gasteiger partial charge in [0, 0.05) is 23.7 Å². The van der Waals surface area contributed by atoms with Crippen LogP contribution in [0.2, 0.25) is 5.02 Å². The van der Waals surface area contributed by atoms with Crippen molar-refractivity contribution in [3.8, 4) is 5.69 Å². The number of nitrogens with zero attached hydrogens (tertiary/aromatic N) is 4. The number of primary amides is 1. The van der Waals surface area contributed by atoms with E-state index in [1.165, 1.54) is 29.0 Å². The Morgan fingerprint density at radius 1 is 1.27 bits per heavy atom. The summed E-state index contributed by atoms with van der Waals surface area (Å²) in [6.45, 7) is 1.60. The van der Waals surface area contributed by atoms with Gasteiger partial charge in [0.1, 0.15) is 0 Å². The summed E-state index contributed by atoms with van der Waals surface area (Å²) in [6.07, 6.45) is 2.22. The molecule has 0 saturated heterocycles. The molecule has 0 atom stereocenters. The van der Waals surface area contributed by atoms with Crippen LogP contribution >= 0.6 is 11.6 Å². The van der Waals surface area contributed by atoms with Crippen LogP contribution in [0.4, 0.5) is 0 Å². The van der Waals surface area contributed by atoms with Gasteiger partial charge in [-0.3, -0.25) is 9.36 Å². The number of aryl methyl sites for hydroxylation is 1. The summed E-state index contributed by atoms with van der Waals surface area (Å²) in [6, 6.07) is 4.25. The third kappa shape index (κ3) is 3.04. The molecule has 3 rings (SSSR count). The smallest absolute Gasteiger partial charge is 0.354 e. The summed E-state index contributed by atoms with van der Waals surface area (Å²) < 4.78 is 24.3. The third-order valence-electron chi connectivity index (χ3n) is 3.67. The summed E-state index contributed by atoms with van der Waals surface area (Å²) in [4.78, 5) is 35.4. The molecule has 11 heteroatoms. The summed E-state index contributed by atoms with van der Waals surface area (Å²) in [7, 11) is -3.65. The van der Waals surface area contributed by atoms with Crippen LogP contribution in [-0.2, 0) is 9.84 Å². The fraction of sp³-hybridized carbons (Fsp3) is 0.133. The zero-order valence-corrected chi connectivity index (χ0v) is 15.2. The predicted octanol–water partition coefficient (Wildman–Crippen LogP) is 0.640. The number of amides is 1. The Bertz CT molecular complexity index is 1240. The fourth-order valence-corrected chi connectivity index (χ4v) is 3.10. The summed E-state index contributed by atoms with van der Waals surface area (Å²) in [5.41, 5.74) is 5.24. The molecule has 0 unspecified atom stereocenters. The van der Waals surface area contributed by atoms with E-state index in [9.17, 15) is 18.0 Å². The highest BCUT2D eigenvalue weighted by molar-refractivity contribution is 7.90. The first kappa shape index (κ1) is 18.0. The van der Waals surface area contributed by atoms with E-state index in [1.807, 2.05) is 0 Å². The SMILES string of the molecule is Cc1c2cnc(S(C)(=O)=O)nc2nc(=O)n1-c1cc(C(N)=O)ccc1Cl. The van der Waals surface area contributed by atoms with Gasteiger partial charge in [0.25, 0.3) is 0 Å². The standard InChI is InChI=1S/C15H12ClN5O4S/c1-7-9-6-18-14(26(2,24)25)19-13(9)20-15(23)21(7)11-5-8(12(17)22)3-4-10(11)16/h3-6H,1-2H3,(H2,17,22). The second-order valence-electron chi connectivity index (χ2n) is 5.51. The van der Waals surface area contributed by atoms with Crippen LogP contribution in [0, 0.1) is 6.92 Å². The van der Waals surface area contributed by atoms with Gasteiger partial charge in [0.05, 0.1) is 16.1 Å². The average molecular weight is 394 g/mol. The van der Waals surface area contributed by atoms with E-state index >= 15 is 0 Å². The number of hydrogen-bond acceptors (Lipinski definition) is 7. The van der Waals surface area contributed by atoms with Crippen molar-refractivity contribution < 1.29 is 13.2 Å². The quantitative estimate of drug-likeness (QED) is 0.644. The molecular weight excluding hydrogens is 382 g/mol. The lowest BCUT2D eigenvalue weighted by Crippen LogP contribution is -2.25. The van der Waals surface area contributed by atoms with Crippen LogP contribution in [0.15, 0.2) is 34.3 Å². The normalized spacial score (nSPS) is 11.7. The van der Waals surface area contributed by atoms with Crippen molar-refractivity contribution in [1.82, 2.24) is 19.5 Å². The number of nitrogens with two attached hydrogens (primary N) is 1. The molecule has 1 amide bonds. The Morgan fingerprint density at radius 2 is 1.96 bits per heavy atom. The largest absolute Gasteiger partial charge is 0.366 e. The molecule has 0 aliphatic heterocycles. The van der Waals surface area contributed by atoms with Crippen LogP contribution in [-0.4, -0.2) is 40.1 Å². The van der Waals surface area contributed by atoms with Crippen molar-refractivity contribution in [2.75, 3.05) is 6.26 Å². The fourth-order valence-electron chi connectivity index (χ4n) is 2.40. The Morgan fingerprint density at radius 3 is 2.58 bits per heavy atom. The van der Waals surface area contributed by atoms with Gasteiger partial charge in [0.2, 0.25) is 20.9 Å². The molecule has 0 radical (unpaired) electrons. The maximum Gasteiger partial charge on any atom is 0.354 e. The third-order valence-corrected chi connectivity index (χ3v) is 4.85. The molecule has 0 aliphatic rings. The summed E-state index contributed by atoms with van der Waals surface area (Å²) in [5.74, 6) is -0.677. The van der Waals surface area contributed by atoms with Crippen molar-refractivity contribution in [2.24, 2.45) is 5.73 Å². The lowest BCUT2D eigenvalue weighted by atomic mass is 10.1. The van der Waals surface area contributed by atoms with Gasteiger partial charge in [-0.15, -0.1) is 0 Å². The molecule has 26 heavy (non-hydrogen) atoms. The minimum absolute atomic E-state index is 0.0543. The number of sulfone groups is 1. The lowest BCUT2D eigenvalue weighted by molar-refractivity contribution is 0.1000. The van der Waals surface area contributed by atoms with Gasteiger partial charge in [-0.05, 0) is 25.1 Å². The molecule has 0 spiro atoms. The highest BCUT2D eigenvalue weighted by Crippen LogP contribution is 2.24. The van der Waals surface area contributed by atoms with E-state index < -0.39 is 26.6 Å². The summed E-state index contributed by atoms with van der Waals surface area (Å²) in [5, 5.41) is 0.135. The number of rotatable bonds is 3. The van der Waals surface area contributed by atoms with Crippen molar-refractivity contribution in [3.05, 3.63) is 51.2 Å². The van der Waals surface area contributed by atoms with E-state index in [2.05, 4.69) is 15.0 Å². The van der Waals surface area contributed by atoms with Crippen LogP contribution in [0.5, 0.6) is 0 Å². The second-order valence-corrected chi connectivity index (χ2v) is 7.82. The van der Waals surface area contributed by atoms with Gasteiger partial charge in [-0.2, -0.15) is 9.97 Å². The number of aromatic nitrogens is 4. The van der Waals surface area contributed by atoms with Crippen LogP contribution < -0.4 is 11.4 Å². The van der Waals surface area contributed by atoms with Gasteiger partial charge < -0.3 is 5.73 Å². The minimum atomic E-state index is -3.65. The highest BCUT2D eigenvalue weighted by atomic mass is 35.5. The van der Waals surface area contributed by atoms with Crippen LogP contribution in [0.1, 0.15) is 16.1 Å². The van der Waals surface area contributed by atoms with Gasteiger partial charge in [-0.1, -0.05) is 11.6 Å². The molecule has 9 nitrogen and oxygen atoms in total. The molecule has 2 heterocycles. The molecule has 2 aromatic heterocycles. The Hall–Kier alpha value is -2.85. The minimum Gasteiger partial charge on any atom is -0.366 e. The highest BCUT2D eigenvalue weighted by Gasteiger charge is 2.18. The first-order valence-corrected chi connectivity index (χ1v) is 9.42. The van der Waals surface area contributed by atoms with E-state index in [1.54, 1.807) is 6.92 Å². The van der Waals surface area contributed by atoms with Crippen LogP contribution in [0.3, 0.4) is 0 Å². The molecule has 0 saturated carbocycles. The van der Waals surface area contributed by atoms with Crippen molar-refractivity contribution in [3.63, 3.8) is 0 Å². The molecular formula is C15H12ClN5O4S. The Balaban J connectivity index is 2.34. The topological polar surface area (TPSA) is 138 Å². The van der Waals surface area contributed by atoms with Gasteiger partial charge in [0.15, 0.2) is 5.65 Å². The van der Waals surface area contributed by atoms with E-state index in [4.69, 9.17) is 17.3 Å². The monoisotopic (exact) mass is 393 g/mol. The zero-order chi connectivity index (χ0) is 19.2. The molecule has 134 valence electrons. The summed E-state index contributed by atoms with van der Waals surface area (Å²) >= 11 is 6.17. The first-order valence-electron chi connectivity index (χ1n) is 7.16. The Kier molecular flexibility index (Phi) is 4.24. The first-order chi connectivity index (χ1) is 12.1. The maximum absolute atomic E-state index is 12.5. The molecule has 0 bridgehead atoms. The number of fused-ring (bicyclic) bond motifs is 1. The average Bonchev–Trinajstić information content (AvgIpc) is 2.54. The molecule has 1 aromatic carbocycles. The van der Waals surface area contributed by atoms with Crippen LogP contribution in [0.25, 0.3) is 16.7 Å². The zero-order valence-electron chi connectivity index (χ0n) is 13.6. The number of carbonyl (C=O) groups is 1. The second kappa shape index (κ2) is 6.15. The predicted molar refractivity (Wildman–Crippen MR) is 94.3 cm³/mol. The van der Waals surface area contributed by atoms with Crippen molar-refractivity contribution in [1.29, 1.82) is 0 Å². The molecule has 0 aliphatic carbocycles. The Labute approximate surface area is 152 Å². The number of halogens is 1. The number of carbonyl (C=O) groups excluding carboxylic acids is 1. The van der Waals surface area contributed by atoms with Gasteiger partial charge >= 0.3 is 5.69 Å². The molecule has 3 aromatic rings. The van der Waals surface area contributed by atoms with E-state index in [-0.39, 0.29) is 21.9 Å². The van der Waals surface area contributed by atoms with Gasteiger partial charge in [-0.25, -0.2) is 18.2 Å². The maximum atomic E-state index is 12.5. The molecule has 0 fully saturated rings. The van der Waals surface area contributed by atoms with E-state index in [0.717, 1.165) is 6.26 Å². The van der Waals surface area contributed by atoms with Crippen molar-refractivity contribution >= 4 is 38.4 Å². The number of hydrogen-bond donors (Lipinski definition) is 1. The molecule has 2 N–H and O–H groups in total. The number of benzene rings is 1. The van der Waals surface area contributed by atoms with Crippen molar-refractivity contribution in [2.45, 2.75) is 12.1 Å².